The Morgan fingerprint density at radius 2 is 1.98 bits per heavy atom. The Bertz CT molecular complexity index is 1410. The summed E-state index contributed by atoms with van der Waals surface area (Å²) in [5, 5.41) is 26.4. The number of aliphatic hydroxyl groups excluding tert-OH is 1. The Balaban J connectivity index is 1.43. The third-order valence-electron chi connectivity index (χ3n) is 11.6. The number of fused-ring (bicyclic) bond motifs is 1. The lowest BCUT2D eigenvalue weighted by atomic mass is 9.44. The van der Waals surface area contributed by atoms with Crippen molar-refractivity contribution < 1.29 is 43.1 Å². The van der Waals surface area contributed by atoms with Crippen LogP contribution >= 0.6 is 0 Å². The molecule has 0 spiro atoms. The van der Waals surface area contributed by atoms with Crippen LogP contribution in [0.15, 0.2) is 29.9 Å². The monoisotopic (exact) mass is 612 g/mol. The normalized spacial score (nSPS) is 37.8. The fraction of sp³-hybridized carbons (Fsp3) is 0.625. The van der Waals surface area contributed by atoms with Gasteiger partial charge in [-0.15, -0.1) is 6.58 Å². The quantitative estimate of drug-likeness (QED) is 0.294. The maximum atomic E-state index is 15.3. The number of aliphatic hydroxyl groups is 1. The van der Waals surface area contributed by atoms with E-state index in [9.17, 15) is 24.5 Å². The maximum Gasteiger partial charge on any atom is 0.479 e. The molecule has 5 rings (SSSR count). The van der Waals surface area contributed by atoms with Gasteiger partial charge in [-0.1, -0.05) is 39.8 Å². The van der Waals surface area contributed by atoms with Crippen LogP contribution in [0.4, 0.5) is 9.18 Å². The molecule has 1 aromatic carbocycles. The average Bonchev–Trinajstić information content (AvgIpc) is 3.27. The summed E-state index contributed by atoms with van der Waals surface area (Å²) in [6, 6.07) is 3.29. The number of ketones is 1. The summed E-state index contributed by atoms with van der Waals surface area (Å²) in [7, 11) is -0.241. The third-order valence-corrected chi connectivity index (χ3v) is 11.6. The molecule has 3 fully saturated rings. The predicted octanol–water partition coefficient (Wildman–Crippen LogP) is 3.33. The molecular weight excluding hydrogens is 570 g/mol. The second kappa shape index (κ2) is 11.3. The van der Waals surface area contributed by atoms with E-state index in [4.69, 9.17) is 9.47 Å². The molecule has 12 heteroatoms. The van der Waals surface area contributed by atoms with Crippen LogP contribution in [-0.2, 0) is 19.1 Å². The minimum absolute atomic E-state index is 0.0512. The maximum absolute atomic E-state index is 15.3. The molecule has 1 heterocycles. The highest BCUT2D eigenvalue weighted by Crippen LogP contribution is 2.68. The lowest BCUT2D eigenvalue weighted by Crippen LogP contribution is -2.63. The lowest BCUT2D eigenvalue weighted by Gasteiger charge is -2.61. The molecule has 1 amide bonds. The van der Waals surface area contributed by atoms with Crippen LogP contribution in [0.25, 0.3) is 0 Å². The Morgan fingerprint density at radius 1 is 1.27 bits per heavy atom. The highest BCUT2D eigenvalue weighted by atomic mass is 19.1. The highest BCUT2D eigenvalue weighted by Gasteiger charge is 2.70. The fourth-order valence-corrected chi connectivity index (χ4v) is 8.67. The van der Waals surface area contributed by atoms with Crippen molar-refractivity contribution in [1.29, 1.82) is 0 Å². The number of esters is 1. The van der Waals surface area contributed by atoms with Crippen LogP contribution in [-0.4, -0.2) is 78.3 Å². The molecule has 0 aromatic heterocycles. The van der Waals surface area contributed by atoms with E-state index in [0.29, 0.717) is 35.2 Å². The van der Waals surface area contributed by atoms with Crippen LogP contribution in [0.3, 0.4) is 0 Å². The van der Waals surface area contributed by atoms with Crippen molar-refractivity contribution in [2.45, 2.75) is 78.7 Å². The molecule has 0 radical (unpaired) electrons. The standard InChI is InChI=1S/C32H42BFN2O8/c1-8-30(5)14-23(31(6)17(2)11-12-32(19(4)28(30)39)13-21(34)26(38)27(31)32)44-24(37)16-43-22-10-9-20-15-35-36(29(40)42-7)33(41)25(20)18(22)3/h8-10,15,17,19,21,23,27-28,39,41H,1,11-14,16H2,2-7H3/t17-,19-,21-,23+,27-,28-,30+,31-,32-/m0/s1. The minimum atomic E-state index is -1.63. The highest BCUT2D eigenvalue weighted by molar-refractivity contribution is 6.68. The molecule has 9 atom stereocenters. The first-order chi connectivity index (χ1) is 20.7. The van der Waals surface area contributed by atoms with E-state index in [1.54, 1.807) is 25.1 Å². The summed E-state index contributed by atoms with van der Waals surface area (Å²) in [5.41, 5.74) is -1.06. The SMILES string of the molecule is C=C[C@]1(C)C[C@@H](OC(=O)COc2ccc3c(c2C)B(O)N(C(=O)OC)N=C3)[C@@]2(C)[C@@H]3C(=O)[C@@H](F)C[C@@]3(CC[C@@H]2C)[C@@H](C)[C@@H]1O. The first-order valence-electron chi connectivity index (χ1n) is 15.2. The number of methoxy groups -OCH3 is 1. The van der Waals surface area contributed by atoms with Gasteiger partial charge in [-0.25, -0.2) is 18.9 Å². The summed E-state index contributed by atoms with van der Waals surface area (Å²) >= 11 is 0. The molecule has 2 bridgehead atoms. The number of carbonyl (C=O) groups is 3. The van der Waals surface area contributed by atoms with Crippen molar-refractivity contribution in [2.24, 2.45) is 39.1 Å². The van der Waals surface area contributed by atoms with Gasteiger partial charge in [0, 0.05) is 16.7 Å². The fourth-order valence-electron chi connectivity index (χ4n) is 8.67. The van der Waals surface area contributed by atoms with Gasteiger partial charge >= 0.3 is 19.1 Å². The van der Waals surface area contributed by atoms with Gasteiger partial charge in [-0.2, -0.15) is 5.10 Å². The summed E-state index contributed by atoms with van der Waals surface area (Å²) in [5.74, 6) is -2.00. The third kappa shape index (κ3) is 4.67. The van der Waals surface area contributed by atoms with E-state index in [1.807, 2.05) is 27.7 Å². The Hall–Kier alpha value is -3.25. The minimum Gasteiger partial charge on any atom is -0.482 e. The van der Waals surface area contributed by atoms with Crippen molar-refractivity contribution in [1.82, 2.24) is 4.92 Å². The molecule has 1 aromatic rings. The number of rotatable bonds is 5. The van der Waals surface area contributed by atoms with Gasteiger partial charge in [0.2, 0.25) is 0 Å². The van der Waals surface area contributed by atoms with Crippen molar-refractivity contribution in [3.8, 4) is 5.75 Å². The largest absolute Gasteiger partial charge is 0.482 e. The van der Waals surface area contributed by atoms with Crippen molar-refractivity contribution in [3.63, 3.8) is 0 Å². The number of amides is 1. The zero-order chi connectivity index (χ0) is 32.4. The van der Waals surface area contributed by atoms with E-state index in [1.165, 1.54) is 13.3 Å². The molecule has 2 N–H and O–H groups in total. The van der Waals surface area contributed by atoms with Gasteiger partial charge in [0.1, 0.15) is 11.9 Å². The van der Waals surface area contributed by atoms with Gasteiger partial charge < -0.3 is 24.3 Å². The summed E-state index contributed by atoms with van der Waals surface area (Å²) < 4.78 is 32.1. The average molecular weight is 613 g/mol. The molecule has 0 saturated heterocycles. The molecular formula is C32H42BFN2O8. The van der Waals surface area contributed by atoms with Gasteiger partial charge in [0.25, 0.3) is 0 Å². The molecule has 3 aliphatic carbocycles. The van der Waals surface area contributed by atoms with Gasteiger partial charge in [-0.3, -0.25) is 4.79 Å². The van der Waals surface area contributed by atoms with Crippen LogP contribution in [0.5, 0.6) is 5.75 Å². The van der Waals surface area contributed by atoms with E-state index < -0.39 is 72.0 Å². The topological polar surface area (TPSA) is 135 Å². The number of hydrogen-bond acceptors (Lipinski definition) is 9. The number of halogens is 1. The zero-order valence-corrected chi connectivity index (χ0v) is 26.2. The molecule has 10 nitrogen and oxygen atoms in total. The lowest BCUT2D eigenvalue weighted by molar-refractivity contribution is -0.207. The van der Waals surface area contributed by atoms with Crippen molar-refractivity contribution in [2.75, 3.05) is 13.7 Å². The molecule has 238 valence electrons. The number of benzene rings is 1. The Morgan fingerprint density at radius 3 is 2.64 bits per heavy atom. The van der Waals surface area contributed by atoms with Crippen molar-refractivity contribution in [3.05, 3.63) is 35.9 Å². The molecule has 0 unspecified atom stereocenters. The molecule has 44 heavy (non-hydrogen) atoms. The number of ether oxygens (including phenoxy) is 3. The second-order valence-electron chi connectivity index (χ2n) is 13.6. The molecule has 1 aliphatic heterocycles. The number of carbonyl (C=O) groups excluding carboxylic acids is 3. The number of alkyl halides is 1. The van der Waals surface area contributed by atoms with Crippen LogP contribution < -0.4 is 10.2 Å². The number of Topliss-reactive ketones (excluding diaryl/α,β-unsaturated/α-hetero) is 1. The van der Waals surface area contributed by atoms with Crippen LogP contribution in [0.1, 0.15) is 64.5 Å². The zero-order valence-electron chi connectivity index (χ0n) is 26.2. The molecule has 3 saturated carbocycles. The van der Waals surface area contributed by atoms with Crippen LogP contribution in [0, 0.1) is 40.9 Å². The van der Waals surface area contributed by atoms with Crippen molar-refractivity contribution >= 4 is 36.6 Å². The van der Waals surface area contributed by atoms with Crippen LogP contribution in [0.2, 0.25) is 0 Å². The smallest absolute Gasteiger partial charge is 0.479 e. The first kappa shape index (κ1) is 32.2. The second-order valence-corrected chi connectivity index (χ2v) is 13.6. The number of nitrogens with zero attached hydrogens (tertiary/aromatic N) is 2. The van der Waals surface area contributed by atoms with E-state index in [2.05, 4.69) is 16.4 Å². The van der Waals surface area contributed by atoms with Gasteiger partial charge in [0.05, 0.1) is 19.4 Å². The van der Waals surface area contributed by atoms with E-state index in [0.717, 1.165) is 4.92 Å². The summed E-state index contributed by atoms with van der Waals surface area (Å²) in [6.45, 7) is 12.9. The predicted molar refractivity (Wildman–Crippen MR) is 161 cm³/mol. The van der Waals surface area contributed by atoms with Gasteiger partial charge in [0.15, 0.2) is 18.6 Å². The summed E-state index contributed by atoms with van der Waals surface area (Å²) in [6.07, 6.45) is 0.458. The molecule has 4 aliphatic rings. The first-order valence-corrected chi connectivity index (χ1v) is 15.2. The Labute approximate surface area is 257 Å². The van der Waals surface area contributed by atoms with E-state index >= 15 is 4.39 Å². The van der Waals surface area contributed by atoms with E-state index in [-0.39, 0.29) is 24.7 Å². The number of hydrogen-bond donors (Lipinski definition) is 2. The van der Waals surface area contributed by atoms with Gasteiger partial charge in [-0.05, 0) is 72.5 Å². The number of hydrazone groups is 1. The Kier molecular flexibility index (Phi) is 8.24. The summed E-state index contributed by atoms with van der Waals surface area (Å²) in [4.78, 5) is 39.9.